The van der Waals surface area contributed by atoms with Gasteiger partial charge < -0.3 is 9.64 Å². The SMILES string of the molecule is CCOC(=O)CN(CP(=O)(Sc1ccc(Cl)cc1)Sc1ccc(Cl)cc1)C(=O)SCc1ccccc1. The number of ether oxygens (including phenoxy) is 1. The fourth-order valence-corrected chi connectivity index (χ4v) is 11.9. The lowest BCUT2D eigenvalue weighted by atomic mass is 10.2. The number of benzene rings is 3. The average Bonchev–Trinajstić information content (AvgIpc) is 2.86. The molecule has 0 heterocycles. The molecule has 0 spiro atoms. The predicted octanol–water partition coefficient (Wildman–Crippen LogP) is 8.95. The highest BCUT2D eigenvalue weighted by atomic mass is 35.5. The van der Waals surface area contributed by atoms with Gasteiger partial charge >= 0.3 is 5.97 Å². The van der Waals surface area contributed by atoms with Crippen LogP contribution >= 0.6 is 63.3 Å². The van der Waals surface area contributed by atoms with Gasteiger partial charge in [-0.05, 0) is 83.8 Å². The van der Waals surface area contributed by atoms with E-state index in [9.17, 15) is 14.2 Å². The van der Waals surface area contributed by atoms with E-state index in [1.165, 1.54) is 27.7 Å². The second-order valence-electron chi connectivity index (χ2n) is 7.39. The maximum atomic E-state index is 14.4. The molecule has 5 nitrogen and oxygen atoms in total. The third kappa shape index (κ3) is 9.73. The van der Waals surface area contributed by atoms with Crippen LogP contribution in [0.4, 0.5) is 4.79 Å². The average molecular weight is 601 g/mol. The van der Waals surface area contributed by atoms with Crippen LogP contribution in [0.5, 0.6) is 0 Å². The zero-order valence-electron chi connectivity index (χ0n) is 19.3. The van der Waals surface area contributed by atoms with E-state index in [0.29, 0.717) is 15.8 Å². The first-order valence-corrected chi connectivity index (χ1v) is 17.3. The van der Waals surface area contributed by atoms with Crippen LogP contribution in [-0.4, -0.2) is 35.5 Å². The molecule has 0 aromatic heterocycles. The molecule has 0 atom stereocenters. The van der Waals surface area contributed by atoms with Crippen LogP contribution in [0.3, 0.4) is 0 Å². The second kappa shape index (κ2) is 14.4. The number of carbonyl (C=O) groups is 2. The number of rotatable bonds is 11. The Morgan fingerprint density at radius 2 is 1.39 bits per heavy atom. The number of esters is 1. The van der Waals surface area contributed by atoms with Gasteiger partial charge in [0.25, 0.3) is 5.24 Å². The second-order valence-corrected chi connectivity index (χ2v) is 17.3. The number of hydrogen-bond acceptors (Lipinski definition) is 7. The van der Waals surface area contributed by atoms with Gasteiger partial charge in [-0.2, -0.15) is 0 Å². The Bertz CT molecular complexity index is 1150. The van der Waals surface area contributed by atoms with Crippen molar-refractivity contribution in [1.29, 1.82) is 0 Å². The third-order valence-corrected chi connectivity index (χ3v) is 13.2. The molecule has 1 amide bonds. The van der Waals surface area contributed by atoms with Crippen molar-refractivity contribution in [3.05, 3.63) is 94.5 Å². The summed E-state index contributed by atoms with van der Waals surface area (Å²) in [6, 6.07) is 23.6. The topological polar surface area (TPSA) is 63.7 Å². The van der Waals surface area contributed by atoms with E-state index in [4.69, 9.17) is 27.9 Å². The Kier molecular flexibility index (Phi) is 11.6. The van der Waals surface area contributed by atoms with Crippen LogP contribution in [0.2, 0.25) is 10.0 Å². The van der Waals surface area contributed by atoms with Crippen LogP contribution in [0, 0.1) is 0 Å². The maximum Gasteiger partial charge on any atom is 0.325 e. The van der Waals surface area contributed by atoms with E-state index in [2.05, 4.69) is 0 Å². The van der Waals surface area contributed by atoms with E-state index in [0.717, 1.165) is 27.1 Å². The summed E-state index contributed by atoms with van der Waals surface area (Å²) in [4.78, 5) is 28.4. The van der Waals surface area contributed by atoms with Gasteiger partial charge in [-0.1, -0.05) is 65.3 Å². The molecule has 3 rings (SSSR count). The molecule has 0 fully saturated rings. The van der Waals surface area contributed by atoms with Crippen LogP contribution in [0.25, 0.3) is 0 Å². The molecule has 0 unspecified atom stereocenters. The highest BCUT2D eigenvalue weighted by molar-refractivity contribution is 8.90. The van der Waals surface area contributed by atoms with E-state index < -0.39 is 11.5 Å². The largest absolute Gasteiger partial charge is 0.465 e. The van der Waals surface area contributed by atoms with Crippen molar-refractivity contribution in [2.24, 2.45) is 0 Å². The molecular weight excluding hydrogens is 576 g/mol. The Hall–Kier alpha value is -1.54. The van der Waals surface area contributed by atoms with Crippen LogP contribution in [0.1, 0.15) is 12.5 Å². The Balaban J connectivity index is 1.85. The molecule has 0 aliphatic carbocycles. The minimum Gasteiger partial charge on any atom is -0.465 e. The van der Waals surface area contributed by atoms with Gasteiger partial charge in [0, 0.05) is 25.6 Å². The van der Waals surface area contributed by atoms with Crippen molar-refractivity contribution < 1.29 is 18.9 Å². The van der Waals surface area contributed by atoms with Crippen molar-refractivity contribution in [3.8, 4) is 0 Å². The summed E-state index contributed by atoms with van der Waals surface area (Å²) in [6.45, 7) is 1.60. The van der Waals surface area contributed by atoms with Gasteiger partial charge in [0.1, 0.15) is 6.54 Å². The Morgan fingerprint density at radius 3 is 1.89 bits per heavy atom. The molecule has 0 N–H and O–H groups in total. The van der Waals surface area contributed by atoms with Gasteiger partial charge in [0.2, 0.25) is 5.55 Å². The minimum absolute atomic E-state index is 0.132. The molecule has 0 saturated carbocycles. The lowest BCUT2D eigenvalue weighted by Gasteiger charge is -2.26. The fraction of sp³-hybridized carbons (Fsp3) is 0.200. The summed E-state index contributed by atoms with van der Waals surface area (Å²) < 4.78 is 19.4. The first-order chi connectivity index (χ1) is 17.3. The molecular formula is C25H24Cl2NO4PS3. The summed E-state index contributed by atoms with van der Waals surface area (Å²) >= 11 is 15.4. The van der Waals surface area contributed by atoms with Crippen molar-refractivity contribution in [2.45, 2.75) is 22.5 Å². The smallest absolute Gasteiger partial charge is 0.325 e. The molecule has 0 aliphatic heterocycles. The quantitative estimate of drug-likeness (QED) is 0.161. The molecule has 36 heavy (non-hydrogen) atoms. The number of thioether (sulfide) groups is 1. The summed E-state index contributed by atoms with van der Waals surface area (Å²) in [6.07, 6.45) is -0.132. The standard InChI is InChI=1S/C25H24Cl2NO4PS3/c1-2-32-24(29)16-28(25(30)34-17-19-6-4-3-5-7-19)18-33(31,35-22-12-8-20(26)9-13-22)36-23-14-10-21(27)11-15-23/h3-15H,2,16-18H2,1H3. The van der Waals surface area contributed by atoms with Crippen LogP contribution in [0.15, 0.2) is 88.7 Å². The van der Waals surface area contributed by atoms with E-state index in [1.807, 2.05) is 30.3 Å². The lowest BCUT2D eigenvalue weighted by molar-refractivity contribution is -0.143. The fourth-order valence-electron chi connectivity index (χ4n) is 2.94. The zero-order valence-corrected chi connectivity index (χ0v) is 24.2. The molecule has 3 aromatic carbocycles. The van der Waals surface area contributed by atoms with Crippen molar-refractivity contribution in [2.75, 3.05) is 19.4 Å². The number of amides is 1. The predicted molar refractivity (Wildman–Crippen MR) is 154 cm³/mol. The number of hydrogen-bond donors (Lipinski definition) is 0. The number of nitrogens with zero attached hydrogens (tertiary/aromatic N) is 1. The highest BCUT2D eigenvalue weighted by Crippen LogP contribution is 2.73. The Labute approximate surface area is 233 Å². The van der Waals surface area contributed by atoms with Gasteiger partial charge in [-0.3, -0.25) is 14.2 Å². The van der Waals surface area contributed by atoms with Crippen LogP contribution < -0.4 is 0 Å². The summed E-state index contributed by atoms with van der Waals surface area (Å²) in [5, 5.41) is 0.785. The first kappa shape index (κ1) is 29.0. The molecule has 11 heteroatoms. The van der Waals surface area contributed by atoms with Gasteiger partial charge in [0.05, 0.1) is 12.9 Å². The van der Waals surface area contributed by atoms with Crippen LogP contribution in [-0.2, 0) is 19.8 Å². The van der Waals surface area contributed by atoms with Gasteiger partial charge in [-0.25, -0.2) is 0 Å². The van der Waals surface area contributed by atoms with Gasteiger partial charge in [-0.15, -0.1) is 0 Å². The number of carbonyl (C=O) groups excluding carboxylic acids is 2. The lowest BCUT2D eigenvalue weighted by Crippen LogP contribution is -2.34. The van der Waals surface area contributed by atoms with E-state index in [-0.39, 0.29) is 24.7 Å². The molecule has 0 bridgehead atoms. The monoisotopic (exact) mass is 599 g/mol. The summed E-state index contributed by atoms with van der Waals surface area (Å²) in [5.41, 5.74) is -2.27. The minimum atomic E-state index is -3.24. The number of halogens is 2. The molecule has 190 valence electrons. The third-order valence-electron chi connectivity index (χ3n) is 4.55. The van der Waals surface area contributed by atoms with E-state index >= 15 is 0 Å². The maximum absolute atomic E-state index is 14.4. The normalized spacial score (nSPS) is 11.2. The molecule has 0 aliphatic rings. The first-order valence-electron chi connectivity index (χ1n) is 10.9. The van der Waals surface area contributed by atoms with Crippen molar-refractivity contribution in [3.63, 3.8) is 0 Å². The van der Waals surface area contributed by atoms with Gasteiger partial charge in [0.15, 0.2) is 0 Å². The molecule has 0 saturated heterocycles. The zero-order chi connectivity index (χ0) is 26.0. The highest BCUT2D eigenvalue weighted by Gasteiger charge is 2.32. The molecule has 0 radical (unpaired) electrons. The van der Waals surface area contributed by atoms with Crippen molar-refractivity contribution in [1.82, 2.24) is 4.90 Å². The van der Waals surface area contributed by atoms with Crippen molar-refractivity contribution >= 4 is 74.5 Å². The summed E-state index contributed by atoms with van der Waals surface area (Å²) in [7, 11) is 0. The molecule has 3 aromatic rings. The Morgan fingerprint density at radius 1 is 0.861 bits per heavy atom. The van der Waals surface area contributed by atoms with E-state index in [1.54, 1.807) is 55.5 Å². The summed E-state index contributed by atoms with van der Waals surface area (Å²) in [5.74, 6) is -0.122.